The van der Waals surface area contributed by atoms with E-state index in [0.29, 0.717) is 12.1 Å². The van der Waals surface area contributed by atoms with E-state index in [-0.39, 0.29) is 0 Å². The van der Waals surface area contributed by atoms with Crippen LogP contribution in [0.4, 0.5) is 5.69 Å². The molecule has 0 amide bonds. The number of para-hydroxylation sites is 1. The van der Waals surface area contributed by atoms with E-state index in [1.54, 1.807) is 0 Å². The van der Waals surface area contributed by atoms with Crippen molar-refractivity contribution in [3.8, 4) is 0 Å². The zero-order valence-corrected chi connectivity index (χ0v) is 10.9. The summed E-state index contributed by atoms with van der Waals surface area (Å²) in [5.41, 5.74) is 11.0. The number of aliphatic hydroxyl groups is 1. The first-order chi connectivity index (χ1) is 8.58. The summed E-state index contributed by atoms with van der Waals surface area (Å²) < 4.78 is 0. The van der Waals surface area contributed by atoms with Crippen molar-refractivity contribution in [3.05, 3.63) is 64.7 Å². The minimum Gasteiger partial charge on any atom is -0.398 e. The van der Waals surface area contributed by atoms with Gasteiger partial charge in [-0.15, -0.1) is 0 Å². The van der Waals surface area contributed by atoms with Gasteiger partial charge in [0.15, 0.2) is 0 Å². The summed E-state index contributed by atoms with van der Waals surface area (Å²) in [6.45, 7) is 4.17. The molecule has 0 saturated carbocycles. The monoisotopic (exact) mass is 241 g/mol. The normalized spacial score (nSPS) is 12.4. The van der Waals surface area contributed by atoms with Crippen LogP contribution in [0.25, 0.3) is 0 Å². The fraction of sp³-hybridized carbons (Fsp3) is 0.250. The molecule has 2 heteroatoms. The van der Waals surface area contributed by atoms with Crippen molar-refractivity contribution in [1.29, 1.82) is 0 Å². The lowest BCUT2D eigenvalue weighted by Gasteiger charge is -2.14. The largest absolute Gasteiger partial charge is 0.398 e. The number of hydrogen-bond acceptors (Lipinski definition) is 2. The molecule has 94 valence electrons. The van der Waals surface area contributed by atoms with Gasteiger partial charge in [-0.05, 0) is 36.6 Å². The highest BCUT2D eigenvalue weighted by Crippen LogP contribution is 2.24. The molecule has 1 unspecified atom stereocenters. The third kappa shape index (κ3) is 2.71. The molecule has 0 aliphatic rings. The Morgan fingerprint density at radius 1 is 1.06 bits per heavy atom. The highest BCUT2D eigenvalue weighted by atomic mass is 16.3. The van der Waals surface area contributed by atoms with Crippen LogP contribution < -0.4 is 5.73 Å². The summed E-state index contributed by atoms with van der Waals surface area (Å²) in [4.78, 5) is 0. The second kappa shape index (κ2) is 5.23. The van der Waals surface area contributed by atoms with Crippen molar-refractivity contribution in [2.45, 2.75) is 26.4 Å². The molecule has 2 rings (SSSR count). The van der Waals surface area contributed by atoms with E-state index in [4.69, 9.17) is 5.73 Å². The summed E-state index contributed by atoms with van der Waals surface area (Å²) in [5, 5.41) is 10.2. The molecule has 3 N–H and O–H groups in total. The Balaban J connectivity index is 2.19. The van der Waals surface area contributed by atoms with E-state index in [9.17, 15) is 5.11 Å². The van der Waals surface area contributed by atoms with Gasteiger partial charge in [0.1, 0.15) is 0 Å². The lowest BCUT2D eigenvalue weighted by atomic mass is 9.97. The molecule has 0 fully saturated rings. The molecule has 0 spiro atoms. The van der Waals surface area contributed by atoms with E-state index in [1.165, 1.54) is 11.1 Å². The summed E-state index contributed by atoms with van der Waals surface area (Å²) >= 11 is 0. The van der Waals surface area contributed by atoms with Crippen molar-refractivity contribution in [1.82, 2.24) is 0 Å². The maximum Gasteiger partial charge on any atom is 0.0850 e. The van der Waals surface area contributed by atoms with Gasteiger partial charge < -0.3 is 10.8 Å². The highest BCUT2D eigenvalue weighted by molar-refractivity contribution is 5.48. The first kappa shape index (κ1) is 12.7. The lowest BCUT2D eigenvalue weighted by Crippen LogP contribution is -2.05. The summed E-state index contributed by atoms with van der Waals surface area (Å²) in [5.74, 6) is 0. The third-order valence-corrected chi connectivity index (χ3v) is 3.36. The molecule has 0 aromatic heterocycles. The molecule has 2 aromatic rings. The van der Waals surface area contributed by atoms with Crippen LogP contribution in [0.3, 0.4) is 0 Å². The molecule has 0 bridgehead atoms. The lowest BCUT2D eigenvalue weighted by molar-refractivity contribution is 0.179. The fourth-order valence-corrected chi connectivity index (χ4v) is 2.08. The average molecular weight is 241 g/mol. The third-order valence-electron chi connectivity index (χ3n) is 3.36. The van der Waals surface area contributed by atoms with Crippen LogP contribution in [0.2, 0.25) is 0 Å². The number of nitrogens with two attached hydrogens (primary N) is 1. The Bertz CT molecular complexity index is 549. The molecule has 2 nitrogen and oxygen atoms in total. The molecule has 18 heavy (non-hydrogen) atoms. The highest BCUT2D eigenvalue weighted by Gasteiger charge is 2.11. The van der Waals surface area contributed by atoms with Gasteiger partial charge >= 0.3 is 0 Å². The van der Waals surface area contributed by atoms with Crippen LogP contribution in [0.15, 0.2) is 42.5 Å². The van der Waals surface area contributed by atoms with Crippen molar-refractivity contribution in [2.24, 2.45) is 0 Å². The molecule has 2 aromatic carbocycles. The van der Waals surface area contributed by atoms with Crippen LogP contribution in [-0.2, 0) is 6.42 Å². The van der Waals surface area contributed by atoms with Gasteiger partial charge in [0.25, 0.3) is 0 Å². The molecule has 0 aliphatic carbocycles. The molecule has 0 heterocycles. The van der Waals surface area contributed by atoms with Gasteiger partial charge in [-0.1, -0.05) is 36.4 Å². The van der Waals surface area contributed by atoms with Gasteiger partial charge in [0.05, 0.1) is 6.10 Å². The Hall–Kier alpha value is -1.80. The fourth-order valence-electron chi connectivity index (χ4n) is 2.08. The summed E-state index contributed by atoms with van der Waals surface area (Å²) in [7, 11) is 0. The van der Waals surface area contributed by atoms with E-state index in [2.05, 4.69) is 32.0 Å². The zero-order chi connectivity index (χ0) is 13.1. The van der Waals surface area contributed by atoms with Gasteiger partial charge in [-0.25, -0.2) is 0 Å². The van der Waals surface area contributed by atoms with Crippen molar-refractivity contribution >= 4 is 5.69 Å². The minimum absolute atomic E-state index is 0.548. The Morgan fingerprint density at radius 2 is 1.78 bits per heavy atom. The Labute approximate surface area is 108 Å². The molecule has 0 radical (unpaired) electrons. The summed E-state index contributed by atoms with van der Waals surface area (Å²) in [6.07, 6.45) is 0.0447. The number of hydrogen-bond donors (Lipinski definition) is 2. The molecule has 1 atom stereocenters. The number of nitrogen functional groups attached to an aromatic ring is 1. The molecular formula is C16H19NO. The van der Waals surface area contributed by atoms with Gasteiger partial charge in [-0.2, -0.15) is 0 Å². The molecule has 0 aliphatic heterocycles. The van der Waals surface area contributed by atoms with Gasteiger partial charge in [0, 0.05) is 17.7 Å². The van der Waals surface area contributed by atoms with Crippen LogP contribution in [0.1, 0.15) is 28.4 Å². The maximum atomic E-state index is 10.2. The van der Waals surface area contributed by atoms with E-state index in [1.807, 2.05) is 24.3 Å². The number of anilines is 1. The van der Waals surface area contributed by atoms with Gasteiger partial charge in [0.2, 0.25) is 0 Å². The first-order valence-corrected chi connectivity index (χ1v) is 6.16. The number of aliphatic hydroxyl groups excluding tert-OH is 1. The number of aryl methyl sites for hydroxylation is 2. The van der Waals surface area contributed by atoms with Gasteiger partial charge in [-0.3, -0.25) is 0 Å². The number of rotatable bonds is 3. The zero-order valence-electron chi connectivity index (χ0n) is 10.9. The average Bonchev–Trinajstić information content (AvgIpc) is 2.34. The van der Waals surface area contributed by atoms with E-state index < -0.39 is 6.10 Å². The Morgan fingerprint density at radius 3 is 2.44 bits per heavy atom. The van der Waals surface area contributed by atoms with Crippen molar-refractivity contribution in [3.63, 3.8) is 0 Å². The van der Waals surface area contributed by atoms with E-state index >= 15 is 0 Å². The quantitative estimate of drug-likeness (QED) is 0.811. The summed E-state index contributed by atoms with van der Waals surface area (Å²) in [6, 6.07) is 13.7. The standard InChI is InChI=1S/C16H19NO/c1-11-7-8-13(9-12(11)2)10-16(18)14-5-3-4-6-15(14)17/h3-9,16,18H,10,17H2,1-2H3. The Kier molecular flexibility index (Phi) is 3.68. The van der Waals surface area contributed by atoms with Crippen molar-refractivity contribution < 1.29 is 5.11 Å². The van der Waals surface area contributed by atoms with Crippen LogP contribution in [-0.4, -0.2) is 5.11 Å². The van der Waals surface area contributed by atoms with Crippen LogP contribution in [0, 0.1) is 13.8 Å². The second-order valence-corrected chi connectivity index (χ2v) is 4.77. The smallest absolute Gasteiger partial charge is 0.0850 e. The van der Waals surface area contributed by atoms with E-state index in [0.717, 1.165) is 11.1 Å². The van der Waals surface area contributed by atoms with Crippen molar-refractivity contribution in [2.75, 3.05) is 5.73 Å². The minimum atomic E-state index is -0.548. The predicted molar refractivity (Wildman–Crippen MR) is 75.4 cm³/mol. The SMILES string of the molecule is Cc1ccc(CC(O)c2ccccc2N)cc1C. The predicted octanol–water partition coefficient (Wildman–Crippen LogP) is 3.16. The maximum absolute atomic E-state index is 10.2. The molecular weight excluding hydrogens is 222 g/mol. The van der Waals surface area contributed by atoms with Crippen LogP contribution in [0.5, 0.6) is 0 Å². The van der Waals surface area contributed by atoms with Crippen LogP contribution >= 0.6 is 0 Å². The second-order valence-electron chi connectivity index (χ2n) is 4.77. The molecule has 0 saturated heterocycles. The topological polar surface area (TPSA) is 46.2 Å². The number of benzene rings is 2. The first-order valence-electron chi connectivity index (χ1n) is 6.16.